The van der Waals surface area contributed by atoms with Crippen molar-refractivity contribution in [2.45, 2.75) is 44.2 Å². The molecule has 3 heteroatoms. The maximum Gasteiger partial charge on any atom is 0.0619 e. The first-order chi connectivity index (χ1) is 9.83. The molecule has 3 unspecified atom stereocenters. The molecule has 0 spiro atoms. The quantitative estimate of drug-likeness (QED) is 0.804. The molecule has 1 fully saturated rings. The van der Waals surface area contributed by atoms with E-state index in [0.717, 1.165) is 12.8 Å². The number of aliphatic hydroxyl groups excluding tert-OH is 1. The number of aliphatic hydroxyl groups is 1. The maximum absolute atomic E-state index is 9.52. The summed E-state index contributed by atoms with van der Waals surface area (Å²) in [6.07, 6.45) is 5.79. The Morgan fingerprint density at radius 3 is 2.70 bits per heavy atom. The van der Waals surface area contributed by atoms with Crippen molar-refractivity contribution < 1.29 is 9.84 Å². The van der Waals surface area contributed by atoms with Gasteiger partial charge in [-0.2, -0.15) is 0 Å². The van der Waals surface area contributed by atoms with E-state index >= 15 is 0 Å². The Labute approximate surface area is 122 Å². The van der Waals surface area contributed by atoms with Gasteiger partial charge in [-0.05, 0) is 30.7 Å². The van der Waals surface area contributed by atoms with Gasteiger partial charge in [-0.1, -0.05) is 43.2 Å². The minimum absolute atomic E-state index is 0.294. The first-order valence-corrected chi connectivity index (χ1v) is 7.73. The van der Waals surface area contributed by atoms with Gasteiger partial charge < -0.3 is 15.2 Å². The summed E-state index contributed by atoms with van der Waals surface area (Å²) in [7, 11) is 1.75. The summed E-state index contributed by atoms with van der Waals surface area (Å²) in [5.74, 6) is 0.402. The van der Waals surface area contributed by atoms with E-state index < -0.39 is 0 Å². The molecule has 0 aromatic heterocycles. The van der Waals surface area contributed by atoms with Crippen molar-refractivity contribution in [3.05, 3.63) is 35.9 Å². The minimum atomic E-state index is 0.294. The average molecular weight is 277 g/mol. The third-order valence-corrected chi connectivity index (χ3v) is 4.29. The first kappa shape index (κ1) is 15.5. The monoisotopic (exact) mass is 277 g/mol. The van der Waals surface area contributed by atoms with Crippen LogP contribution in [0.15, 0.2) is 30.3 Å². The molecule has 3 atom stereocenters. The maximum atomic E-state index is 9.52. The van der Waals surface area contributed by atoms with E-state index in [2.05, 4.69) is 29.6 Å². The molecule has 0 amide bonds. The summed E-state index contributed by atoms with van der Waals surface area (Å²) in [5.41, 5.74) is 1.33. The lowest BCUT2D eigenvalue weighted by Crippen LogP contribution is -2.48. The molecule has 0 bridgehead atoms. The van der Waals surface area contributed by atoms with Crippen molar-refractivity contribution in [2.24, 2.45) is 5.92 Å². The van der Waals surface area contributed by atoms with E-state index in [0.29, 0.717) is 31.2 Å². The van der Waals surface area contributed by atoms with E-state index in [1.165, 1.54) is 24.8 Å². The largest absolute Gasteiger partial charge is 0.396 e. The Hall–Kier alpha value is -0.900. The van der Waals surface area contributed by atoms with Crippen LogP contribution >= 0.6 is 0 Å². The number of methoxy groups -OCH3 is 1. The highest BCUT2D eigenvalue weighted by Gasteiger charge is 2.26. The van der Waals surface area contributed by atoms with E-state index in [1.807, 2.05) is 6.07 Å². The van der Waals surface area contributed by atoms with Crippen LogP contribution in [0.1, 0.15) is 31.2 Å². The van der Waals surface area contributed by atoms with Crippen LogP contribution in [0.3, 0.4) is 0 Å². The molecule has 2 N–H and O–H groups in total. The molecular weight excluding hydrogens is 250 g/mol. The average Bonchev–Trinajstić information content (AvgIpc) is 2.49. The Bertz CT molecular complexity index is 369. The summed E-state index contributed by atoms with van der Waals surface area (Å²) in [6, 6.07) is 11.3. The molecular formula is C17H27NO2. The Kier molecular flexibility index (Phi) is 6.51. The smallest absolute Gasteiger partial charge is 0.0619 e. The summed E-state index contributed by atoms with van der Waals surface area (Å²) in [4.78, 5) is 0. The van der Waals surface area contributed by atoms with Crippen molar-refractivity contribution in [1.82, 2.24) is 5.32 Å². The Morgan fingerprint density at radius 1 is 1.25 bits per heavy atom. The fraction of sp³-hybridized carbons (Fsp3) is 0.647. The van der Waals surface area contributed by atoms with E-state index in [1.54, 1.807) is 7.11 Å². The van der Waals surface area contributed by atoms with Crippen molar-refractivity contribution in [1.29, 1.82) is 0 Å². The zero-order chi connectivity index (χ0) is 14.2. The summed E-state index contributed by atoms with van der Waals surface area (Å²) >= 11 is 0. The third-order valence-electron chi connectivity index (χ3n) is 4.29. The molecule has 1 aromatic rings. The number of ether oxygens (including phenoxy) is 1. The highest BCUT2D eigenvalue weighted by Crippen LogP contribution is 2.24. The molecule has 20 heavy (non-hydrogen) atoms. The van der Waals surface area contributed by atoms with Crippen LogP contribution in [0.2, 0.25) is 0 Å². The molecule has 0 saturated heterocycles. The van der Waals surface area contributed by atoms with Gasteiger partial charge in [0.25, 0.3) is 0 Å². The van der Waals surface area contributed by atoms with Crippen molar-refractivity contribution in [3.63, 3.8) is 0 Å². The van der Waals surface area contributed by atoms with Crippen molar-refractivity contribution in [3.8, 4) is 0 Å². The molecule has 1 aliphatic carbocycles. The van der Waals surface area contributed by atoms with Gasteiger partial charge in [0.2, 0.25) is 0 Å². The van der Waals surface area contributed by atoms with E-state index in [4.69, 9.17) is 4.74 Å². The number of nitrogens with one attached hydrogen (secondary N) is 1. The Morgan fingerprint density at radius 2 is 2.00 bits per heavy atom. The SMILES string of the molecule is COCC(Cc1ccccc1)NC1CCCCC1CO. The van der Waals surface area contributed by atoms with Gasteiger partial charge in [0, 0.05) is 25.8 Å². The number of hydrogen-bond donors (Lipinski definition) is 2. The molecule has 1 aliphatic rings. The second kappa shape index (κ2) is 8.40. The van der Waals surface area contributed by atoms with Gasteiger partial charge in [-0.15, -0.1) is 0 Å². The van der Waals surface area contributed by atoms with Crippen LogP contribution in [-0.4, -0.2) is 37.5 Å². The molecule has 1 saturated carbocycles. The number of rotatable bonds is 7. The third kappa shape index (κ3) is 4.58. The predicted molar refractivity (Wildman–Crippen MR) is 81.8 cm³/mol. The molecule has 2 rings (SSSR count). The van der Waals surface area contributed by atoms with Crippen LogP contribution in [-0.2, 0) is 11.2 Å². The molecule has 0 radical (unpaired) electrons. The van der Waals surface area contributed by atoms with E-state index in [-0.39, 0.29) is 0 Å². The van der Waals surface area contributed by atoms with Crippen LogP contribution in [0.5, 0.6) is 0 Å². The summed E-state index contributed by atoms with van der Waals surface area (Å²) < 4.78 is 5.36. The summed E-state index contributed by atoms with van der Waals surface area (Å²) in [6.45, 7) is 1.01. The lowest BCUT2D eigenvalue weighted by atomic mass is 9.84. The normalized spacial score (nSPS) is 24.5. The van der Waals surface area contributed by atoms with Crippen molar-refractivity contribution in [2.75, 3.05) is 20.3 Å². The number of hydrogen-bond acceptors (Lipinski definition) is 3. The van der Waals surface area contributed by atoms with Gasteiger partial charge in [0.15, 0.2) is 0 Å². The van der Waals surface area contributed by atoms with Crippen molar-refractivity contribution >= 4 is 0 Å². The zero-order valence-electron chi connectivity index (χ0n) is 12.4. The van der Waals surface area contributed by atoms with Crippen LogP contribution in [0.4, 0.5) is 0 Å². The zero-order valence-corrected chi connectivity index (χ0v) is 12.4. The first-order valence-electron chi connectivity index (χ1n) is 7.73. The molecule has 0 aliphatic heterocycles. The van der Waals surface area contributed by atoms with Crippen LogP contribution in [0.25, 0.3) is 0 Å². The fourth-order valence-corrected chi connectivity index (χ4v) is 3.21. The topological polar surface area (TPSA) is 41.5 Å². The number of benzene rings is 1. The van der Waals surface area contributed by atoms with Crippen LogP contribution in [0, 0.1) is 5.92 Å². The lowest BCUT2D eigenvalue weighted by molar-refractivity contribution is 0.118. The molecule has 1 aromatic carbocycles. The van der Waals surface area contributed by atoms with Gasteiger partial charge in [-0.25, -0.2) is 0 Å². The van der Waals surface area contributed by atoms with E-state index in [9.17, 15) is 5.11 Å². The molecule has 0 heterocycles. The van der Waals surface area contributed by atoms with Gasteiger partial charge in [0.05, 0.1) is 6.61 Å². The lowest BCUT2D eigenvalue weighted by Gasteiger charge is -2.34. The fourth-order valence-electron chi connectivity index (χ4n) is 3.21. The predicted octanol–water partition coefficient (Wildman–Crippen LogP) is 2.38. The molecule has 112 valence electrons. The second-order valence-electron chi connectivity index (χ2n) is 5.84. The highest BCUT2D eigenvalue weighted by atomic mass is 16.5. The Balaban J connectivity index is 1.94. The molecule has 3 nitrogen and oxygen atoms in total. The summed E-state index contributed by atoms with van der Waals surface area (Å²) in [5, 5.41) is 13.2. The van der Waals surface area contributed by atoms with Gasteiger partial charge >= 0.3 is 0 Å². The van der Waals surface area contributed by atoms with Crippen LogP contribution < -0.4 is 5.32 Å². The highest BCUT2D eigenvalue weighted by molar-refractivity contribution is 5.16. The van der Waals surface area contributed by atoms with Gasteiger partial charge in [-0.3, -0.25) is 0 Å². The minimum Gasteiger partial charge on any atom is -0.396 e. The second-order valence-corrected chi connectivity index (χ2v) is 5.84. The van der Waals surface area contributed by atoms with Gasteiger partial charge in [0.1, 0.15) is 0 Å². The standard InChI is InChI=1S/C17H27NO2/c1-20-13-16(11-14-7-3-2-4-8-14)18-17-10-6-5-9-15(17)12-19/h2-4,7-8,15-19H,5-6,9-13H2,1H3.